The van der Waals surface area contributed by atoms with E-state index in [2.05, 4.69) is 174 Å². The first-order chi connectivity index (χ1) is 59.7. The molecule has 7 aromatic heterocycles. The molecule has 6 N–H and O–H groups in total. The summed E-state index contributed by atoms with van der Waals surface area (Å²) in [6, 6.07) is 0. The molecule has 0 aliphatic heterocycles. The molecule has 0 aliphatic carbocycles. The Labute approximate surface area is 790 Å². The number of likely N-dealkylation sites (N-methyl/N-ethyl adjacent to an activating group) is 1. The number of ketones is 4. The minimum absolute atomic E-state index is 0.0106. The van der Waals surface area contributed by atoms with Crippen molar-refractivity contribution in [1.29, 1.82) is 0 Å². The maximum atomic E-state index is 13.0. The molecular weight excluding hydrogens is 1690 g/mol. The lowest BCUT2D eigenvalue weighted by Gasteiger charge is -2.27. The number of aryl methyl sites for hydroxylation is 1. The molecule has 133 heavy (non-hydrogen) atoms. The monoisotopic (exact) mass is 1850 g/mol. The first-order valence-electron chi connectivity index (χ1n) is 44.4. The summed E-state index contributed by atoms with van der Waals surface area (Å²) in [5.74, 6) is -2.51. The first kappa shape index (κ1) is 118. The summed E-state index contributed by atoms with van der Waals surface area (Å²) in [5.41, 5.74) is 8.13. The molecule has 0 unspecified atom stereocenters. The second-order valence-electron chi connectivity index (χ2n) is 45.6. The van der Waals surface area contributed by atoms with Crippen LogP contribution < -0.4 is 16.0 Å². The average Bonchev–Trinajstić information content (AvgIpc) is 0.737. The summed E-state index contributed by atoms with van der Waals surface area (Å²) in [7, 11) is 10.5. The van der Waals surface area contributed by atoms with Crippen molar-refractivity contribution >= 4 is 52.8 Å². The highest BCUT2D eigenvalue weighted by atomic mass is 16.5. The van der Waals surface area contributed by atoms with E-state index in [4.69, 9.17) is 4.74 Å². The third-order valence-electron chi connectivity index (χ3n) is 19.8. The molecule has 7 rings (SSSR count). The van der Waals surface area contributed by atoms with Gasteiger partial charge in [-0.25, -0.2) is 74.6 Å². The predicted octanol–water partition coefficient (Wildman–Crippen LogP) is 17.0. The highest BCUT2D eigenvalue weighted by Crippen LogP contribution is 2.42. The topological polar surface area (TPSA) is 453 Å². The second kappa shape index (κ2) is 44.1. The molecule has 0 bridgehead atoms. The number of methoxy groups -OCH3 is 2. The summed E-state index contributed by atoms with van der Waals surface area (Å²) in [6.45, 7) is 81.3. The summed E-state index contributed by atoms with van der Waals surface area (Å²) in [6.07, 6.45) is 2.26. The molecular formula is C101H156N18O14. The molecule has 0 saturated heterocycles. The molecule has 3 amide bonds. The number of amides is 3. The highest BCUT2D eigenvalue weighted by molar-refractivity contribution is 6.24. The van der Waals surface area contributed by atoms with E-state index < -0.39 is 73.6 Å². The number of aromatic nitrogens is 14. The first-order valence-corrected chi connectivity index (χ1v) is 44.4. The van der Waals surface area contributed by atoms with Gasteiger partial charge in [0.1, 0.15) is 23.5 Å². The lowest BCUT2D eigenvalue weighted by Crippen LogP contribution is -2.29. The van der Waals surface area contributed by atoms with Gasteiger partial charge in [-0.3, -0.25) is 38.4 Å². The maximum absolute atomic E-state index is 13.0. The fourth-order valence-electron chi connectivity index (χ4n) is 13.5. The van der Waals surface area contributed by atoms with Crippen LogP contribution in [0.25, 0.3) is 11.5 Å². The van der Waals surface area contributed by atoms with Gasteiger partial charge in [0.15, 0.2) is 46.3 Å². The average molecular weight is 1850 g/mol. The van der Waals surface area contributed by atoms with E-state index in [-0.39, 0.29) is 103 Å². The van der Waals surface area contributed by atoms with Gasteiger partial charge in [0.25, 0.3) is 11.8 Å². The maximum Gasteiger partial charge on any atom is 0.376 e. The van der Waals surface area contributed by atoms with E-state index in [1.165, 1.54) is 47.6 Å². The zero-order valence-electron chi connectivity index (χ0n) is 89.1. The van der Waals surface area contributed by atoms with Crippen LogP contribution in [0, 0.1) is 27.7 Å². The van der Waals surface area contributed by atoms with E-state index in [1.807, 2.05) is 187 Å². The molecule has 32 heteroatoms. The number of nitrogens with one attached hydrogen (secondary N) is 3. The number of rotatable bonds is 14. The Hall–Kier alpha value is -11.5. The van der Waals surface area contributed by atoms with Crippen LogP contribution in [-0.4, -0.2) is 192 Å². The van der Waals surface area contributed by atoms with Crippen LogP contribution in [0.2, 0.25) is 0 Å². The number of nitrogens with zero attached hydrogens (tertiary/aromatic N) is 15. The van der Waals surface area contributed by atoms with Crippen molar-refractivity contribution in [3.05, 3.63) is 143 Å². The lowest BCUT2D eigenvalue weighted by molar-refractivity contribution is -0.139. The van der Waals surface area contributed by atoms with Crippen molar-refractivity contribution in [2.24, 2.45) is 0 Å². The van der Waals surface area contributed by atoms with E-state index in [0.29, 0.717) is 62.9 Å². The fraction of sp³-hybridized carbons (Fsp3) is 0.614. The number of carbonyl (C=O) groups excluding carboxylic acids is 9. The van der Waals surface area contributed by atoms with E-state index in [1.54, 1.807) is 33.0 Å². The zero-order chi connectivity index (χ0) is 104. The van der Waals surface area contributed by atoms with E-state index >= 15 is 0 Å². The number of hydrogen-bond acceptors (Lipinski definition) is 29. The predicted molar refractivity (Wildman–Crippen MR) is 520 cm³/mol. The SMILES string of the molecule is CC(=O)c1nc(C(C)(C)C)c(C)c(C(C)(C)C)n1.CNC(=O)C(=CN(C)C)C(=O)c1nc(C(C)(C)C)c(O)c(C(C)(C)C)n1.CNC(=O)CC(=O)c1nc(C(C)(C)C)c(O)c(C(C)(C)C)n1.CNC(=O)c1cnc(C)nc1-c1nc(C(C)(C)C)c(O)c(C(C)(C)C)n1.COC(=O)CC(=O)c1nc(C(C)(C)C)c(C)c(C(C)(C)C)n1.COC(=O)c1nc(C(C)(C)C)c(C)c(C(C)(C)C)n1. The Morgan fingerprint density at radius 2 is 0.624 bits per heavy atom. The third kappa shape index (κ3) is 32.7. The highest BCUT2D eigenvalue weighted by Gasteiger charge is 2.39. The summed E-state index contributed by atoms with van der Waals surface area (Å²) < 4.78 is 9.29. The lowest BCUT2D eigenvalue weighted by atomic mass is 9.82. The number of Topliss-reactive ketones (excluding diaryl/α,β-unsaturated/α-hetero) is 4. The summed E-state index contributed by atoms with van der Waals surface area (Å²) in [4.78, 5) is 171. The van der Waals surface area contributed by atoms with E-state index in [9.17, 15) is 58.5 Å². The van der Waals surface area contributed by atoms with Crippen LogP contribution in [0.15, 0.2) is 18.0 Å². The molecule has 0 radical (unpaired) electrons. The Balaban J connectivity index is 0.000000543. The summed E-state index contributed by atoms with van der Waals surface area (Å²) >= 11 is 0. The largest absolute Gasteiger partial charge is 0.504 e. The van der Waals surface area contributed by atoms with Gasteiger partial charge in [0, 0.05) is 120 Å². The van der Waals surface area contributed by atoms with Gasteiger partial charge in [-0.2, -0.15) is 0 Å². The number of hydrogen-bond donors (Lipinski definition) is 6. The van der Waals surface area contributed by atoms with Crippen LogP contribution in [0.1, 0.15) is 423 Å². The van der Waals surface area contributed by atoms with Gasteiger partial charge in [-0.1, -0.05) is 249 Å². The fourth-order valence-corrected chi connectivity index (χ4v) is 13.5. The normalized spacial score (nSPS) is 12.4. The number of carbonyl (C=O) groups is 9. The minimum atomic E-state index is -0.589. The smallest absolute Gasteiger partial charge is 0.376 e. The van der Waals surface area contributed by atoms with Crippen molar-refractivity contribution in [2.45, 2.75) is 362 Å². The van der Waals surface area contributed by atoms with Crippen LogP contribution in [0.3, 0.4) is 0 Å². The summed E-state index contributed by atoms with van der Waals surface area (Å²) in [5, 5.41) is 39.4. The van der Waals surface area contributed by atoms with Crippen molar-refractivity contribution in [3.8, 4) is 28.8 Å². The van der Waals surface area contributed by atoms with Crippen molar-refractivity contribution in [2.75, 3.05) is 49.5 Å². The quantitative estimate of drug-likeness (QED) is 0.0194. The number of aromatic hydroxyl groups is 3. The van der Waals surface area contributed by atoms with Gasteiger partial charge >= 0.3 is 11.9 Å². The molecule has 0 aromatic carbocycles. The van der Waals surface area contributed by atoms with Crippen LogP contribution in [0.4, 0.5) is 0 Å². The minimum Gasteiger partial charge on any atom is -0.504 e. The van der Waals surface area contributed by atoms with Gasteiger partial charge in [-0.05, 0) is 44.4 Å². The second-order valence-corrected chi connectivity index (χ2v) is 45.6. The molecule has 7 heterocycles. The molecule has 7 aromatic rings. The molecule has 0 atom stereocenters. The molecule has 32 nitrogen and oxygen atoms in total. The van der Waals surface area contributed by atoms with Crippen LogP contribution in [-0.2, 0) is 88.8 Å². The van der Waals surface area contributed by atoms with Crippen molar-refractivity contribution in [1.82, 2.24) is 90.6 Å². The van der Waals surface area contributed by atoms with Gasteiger partial charge in [-0.15, -0.1) is 0 Å². The molecule has 0 saturated carbocycles. The molecule has 0 aliphatic rings. The molecule has 0 spiro atoms. The number of esters is 2. The van der Waals surface area contributed by atoms with E-state index in [0.717, 1.165) is 50.9 Å². The Morgan fingerprint density at radius 1 is 0.353 bits per heavy atom. The van der Waals surface area contributed by atoms with Crippen molar-refractivity contribution < 1.29 is 67.9 Å². The van der Waals surface area contributed by atoms with Gasteiger partial charge in [0.2, 0.25) is 34.9 Å². The Kier molecular flexibility index (Phi) is 39.0. The Bertz CT molecular complexity index is 5150. The molecule has 734 valence electrons. The van der Waals surface area contributed by atoms with Crippen LogP contribution >= 0.6 is 0 Å². The zero-order valence-corrected chi connectivity index (χ0v) is 89.1. The standard InChI is InChI=1S/C19H27N5O2.C19H30N4O3.C17H26N2O3.C16H25N3O3.C15H24N2O2.C15H24N2O/c1-10-21-9-11(17(26)20-8)12(22-10)16-23-14(18(2,3)4)13(25)15(24-16)19(5,6)7;1-18(2,3)14-13(25)15(19(4,5)6)22-16(21-14)12(24)11(10-23(8)9)17(26)20-7;1-10-13(16(2,3)4)18-15(11(20)9-12(21)22-8)19-14(10)17(5,6)7;1-15(2,3)12-11(22)13(16(4,5)6)19-14(18-12)9(20)8-10(21)17-7;1-9-10(14(2,3)4)16-12(13(18)19-8)17-11(9)15(5,6)7;1-9-11(14(3,4)5)16-13(10(2)18)17-12(9)15(6,7)8/h9,25H,1-8H3,(H,20,26);10,25H,1-9H3,(H,20,26);9H2,1-8H3;22H,8H2,1-7H3,(H,17,21);1-8H3;1-8H3. The van der Waals surface area contributed by atoms with Crippen LogP contribution in [0.5, 0.6) is 17.2 Å². The van der Waals surface area contributed by atoms with Gasteiger partial charge in [0.05, 0.1) is 94.5 Å². The third-order valence-corrected chi connectivity index (χ3v) is 19.8. The number of ether oxygens (including phenoxy) is 2. The molecule has 0 fully saturated rings. The van der Waals surface area contributed by atoms with Crippen molar-refractivity contribution in [3.63, 3.8) is 0 Å². The van der Waals surface area contributed by atoms with Gasteiger partial charge < -0.3 is 45.6 Å². The Morgan fingerprint density at radius 3 is 0.880 bits per heavy atom.